The second kappa shape index (κ2) is 6.69. The zero-order chi connectivity index (χ0) is 17.3. The first-order valence-corrected chi connectivity index (χ1v) is 9.07. The van der Waals surface area contributed by atoms with E-state index in [9.17, 15) is 9.42 Å². The fraction of sp³-hybridized carbons (Fsp3) is 0.222. The van der Waals surface area contributed by atoms with Crippen molar-refractivity contribution in [3.63, 3.8) is 0 Å². The van der Waals surface area contributed by atoms with E-state index in [0.29, 0.717) is 27.8 Å². The third-order valence-electron chi connectivity index (χ3n) is 3.70. The summed E-state index contributed by atoms with van der Waals surface area (Å²) in [7, 11) is 1.82. The maximum Gasteiger partial charge on any atom is 0.137 e. The number of benzene rings is 2. The van der Waals surface area contributed by atoms with Crippen LogP contribution in [-0.4, -0.2) is 36.1 Å². The lowest BCUT2D eigenvalue weighted by molar-refractivity contribution is -0.840. The number of hydrogen-bond acceptors (Lipinski definition) is 3. The molecule has 0 saturated heterocycles. The summed E-state index contributed by atoms with van der Waals surface area (Å²) < 4.78 is 18.4. The fourth-order valence-electron chi connectivity index (χ4n) is 2.46. The van der Waals surface area contributed by atoms with E-state index in [-0.39, 0.29) is 6.61 Å². The SMILES string of the molecule is C[N+](C)([O-])CCOC1=Cc2ccccc2S(=O)c2ccc(Cl)cc21. The predicted molar refractivity (Wildman–Crippen MR) is 96.7 cm³/mol. The molecule has 1 unspecified atom stereocenters. The molecule has 2 aromatic rings. The monoisotopic (exact) mass is 363 g/mol. The molecule has 0 amide bonds. The van der Waals surface area contributed by atoms with Crippen LogP contribution in [0.3, 0.4) is 0 Å². The van der Waals surface area contributed by atoms with E-state index >= 15 is 0 Å². The van der Waals surface area contributed by atoms with Crippen LogP contribution in [0.1, 0.15) is 11.1 Å². The second-order valence-electron chi connectivity index (χ2n) is 6.10. The minimum Gasteiger partial charge on any atom is -0.633 e. The highest BCUT2D eigenvalue weighted by Gasteiger charge is 2.22. The standard InChI is InChI=1S/C18H18ClNO3S/c1-20(2,21)9-10-23-16-11-13-5-3-4-6-17(13)24(22)18-8-7-14(19)12-15(16)18/h3-8,11-12H,9-10H2,1-2H3. The highest BCUT2D eigenvalue weighted by molar-refractivity contribution is 7.85. The molecule has 0 radical (unpaired) electrons. The average Bonchev–Trinajstić information content (AvgIpc) is 2.62. The lowest BCUT2D eigenvalue weighted by Gasteiger charge is -2.33. The van der Waals surface area contributed by atoms with Crippen molar-refractivity contribution in [3.8, 4) is 0 Å². The number of hydroxylamine groups is 3. The Bertz CT molecular complexity index is 827. The zero-order valence-electron chi connectivity index (χ0n) is 13.5. The number of rotatable bonds is 4. The van der Waals surface area contributed by atoms with Gasteiger partial charge in [0.2, 0.25) is 0 Å². The van der Waals surface area contributed by atoms with E-state index in [1.807, 2.05) is 30.3 Å². The maximum atomic E-state index is 12.9. The molecule has 0 spiro atoms. The van der Waals surface area contributed by atoms with Crippen molar-refractivity contribution in [3.05, 3.63) is 63.8 Å². The Balaban J connectivity index is 2.05. The van der Waals surface area contributed by atoms with Gasteiger partial charge >= 0.3 is 0 Å². The molecule has 0 aliphatic carbocycles. The van der Waals surface area contributed by atoms with E-state index < -0.39 is 15.4 Å². The van der Waals surface area contributed by atoms with Crippen molar-refractivity contribution < 1.29 is 13.6 Å². The van der Waals surface area contributed by atoms with Crippen LogP contribution >= 0.6 is 11.6 Å². The lowest BCUT2D eigenvalue weighted by atomic mass is 10.1. The number of quaternary nitrogens is 1. The number of nitrogens with zero attached hydrogens (tertiary/aromatic N) is 1. The highest BCUT2D eigenvalue weighted by Crippen LogP contribution is 2.35. The number of ether oxygens (including phenoxy) is 1. The molecule has 3 rings (SSSR count). The molecule has 0 saturated carbocycles. The van der Waals surface area contributed by atoms with Gasteiger partial charge in [0.05, 0.1) is 34.7 Å². The molecule has 4 nitrogen and oxygen atoms in total. The van der Waals surface area contributed by atoms with Crippen LogP contribution < -0.4 is 0 Å². The van der Waals surface area contributed by atoms with Gasteiger partial charge in [0, 0.05) is 10.6 Å². The number of likely N-dealkylation sites (N-methyl/N-ethyl adjacent to an activating group) is 1. The molecular formula is C18H18ClNO3S. The van der Waals surface area contributed by atoms with Crippen molar-refractivity contribution in [2.75, 3.05) is 27.2 Å². The van der Waals surface area contributed by atoms with Crippen LogP contribution in [0.5, 0.6) is 0 Å². The minimum atomic E-state index is -1.32. The van der Waals surface area contributed by atoms with Crippen LogP contribution in [-0.2, 0) is 15.5 Å². The van der Waals surface area contributed by atoms with Gasteiger partial charge < -0.3 is 14.6 Å². The largest absolute Gasteiger partial charge is 0.633 e. The molecule has 0 bridgehead atoms. The van der Waals surface area contributed by atoms with Gasteiger partial charge in [0.1, 0.15) is 18.9 Å². The Labute approximate surface area is 148 Å². The summed E-state index contributed by atoms with van der Waals surface area (Å²) in [6.45, 7) is 0.584. The van der Waals surface area contributed by atoms with E-state index in [1.165, 1.54) is 0 Å². The van der Waals surface area contributed by atoms with Gasteiger partial charge in [-0.1, -0.05) is 29.8 Å². The first-order chi connectivity index (χ1) is 11.3. The van der Waals surface area contributed by atoms with Crippen LogP contribution in [0, 0.1) is 5.21 Å². The molecule has 0 fully saturated rings. The Morgan fingerprint density at radius 2 is 1.92 bits per heavy atom. The van der Waals surface area contributed by atoms with Crippen molar-refractivity contribution in [1.82, 2.24) is 0 Å². The average molecular weight is 364 g/mol. The molecule has 126 valence electrons. The van der Waals surface area contributed by atoms with Crippen molar-refractivity contribution in [2.24, 2.45) is 0 Å². The Morgan fingerprint density at radius 1 is 1.17 bits per heavy atom. The third-order valence-corrected chi connectivity index (χ3v) is 5.46. The molecule has 1 aliphatic rings. The maximum absolute atomic E-state index is 12.9. The Morgan fingerprint density at radius 3 is 2.67 bits per heavy atom. The van der Waals surface area contributed by atoms with Gasteiger partial charge in [-0.15, -0.1) is 0 Å². The van der Waals surface area contributed by atoms with Crippen LogP contribution in [0.25, 0.3) is 11.8 Å². The molecule has 0 N–H and O–H groups in total. The molecule has 1 aliphatic heterocycles. The van der Waals surface area contributed by atoms with Crippen molar-refractivity contribution in [1.29, 1.82) is 0 Å². The number of halogens is 1. The van der Waals surface area contributed by atoms with Gasteiger partial charge in [0.25, 0.3) is 0 Å². The zero-order valence-corrected chi connectivity index (χ0v) is 15.1. The van der Waals surface area contributed by atoms with Crippen LogP contribution in [0.2, 0.25) is 5.02 Å². The van der Waals surface area contributed by atoms with Crippen LogP contribution in [0.15, 0.2) is 52.3 Å². The topological polar surface area (TPSA) is 49.4 Å². The number of hydrogen-bond donors (Lipinski definition) is 0. The first kappa shape index (κ1) is 17.2. The van der Waals surface area contributed by atoms with Gasteiger partial charge in [0.15, 0.2) is 0 Å². The first-order valence-electron chi connectivity index (χ1n) is 7.54. The second-order valence-corrected chi connectivity index (χ2v) is 7.96. The summed E-state index contributed by atoms with van der Waals surface area (Å²) in [4.78, 5) is 1.39. The predicted octanol–water partition coefficient (Wildman–Crippen LogP) is 3.91. The molecule has 1 heterocycles. The van der Waals surface area contributed by atoms with E-state index in [2.05, 4.69) is 0 Å². The third kappa shape index (κ3) is 3.70. The van der Waals surface area contributed by atoms with Gasteiger partial charge in [-0.2, -0.15) is 0 Å². The summed E-state index contributed by atoms with van der Waals surface area (Å²) in [6.07, 6.45) is 1.86. The Kier molecular flexibility index (Phi) is 4.78. The summed E-state index contributed by atoms with van der Waals surface area (Å²) in [5, 5.41) is 12.3. The van der Waals surface area contributed by atoms with Gasteiger partial charge in [-0.25, -0.2) is 4.21 Å². The summed E-state index contributed by atoms with van der Waals surface area (Å²) in [5.74, 6) is 0.583. The quantitative estimate of drug-likeness (QED) is 0.611. The highest BCUT2D eigenvalue weighted by atomic mass is 35.5. The Hall–Kier alpha value is -1.66. The summed E-state index contributed by atoms with van der Waals surface area (Å²) >= 11 is 6.13. The smallest absolute Gasteiger partial charge is 0.137 e. The molecule has 6 heteroatoms. The van der Waals surface area contributed by atoms with Crippen molar-refractivity contribution in [2.45, 2.75) is 9.79 Å². The fourth-order valence-corrected chi connectivity index (χ4v) is 3.96. The molecular weight excluding hydrogens is 346 g/mol. The molecule has 2 aromatic carbocycles. The molecule has 1 atom stereocenters. The van der Waals surface area contributed by atoms with E-state index in [0.717, 1.165) is 10.5 Å². The lowest BCUT2D eigenvalue weighted by Crippen LogP contribution is -2.35. The van der Waals surface area contributed by atoms with Gasteiger partial charge in [-0.3, -0.25) is 0 Å². The van der Waals surface area contributed by atoms with Gasteiger partial charge in [-0.05, 0) is 35.9 Å². The van der Waals surface area contributed by atoms with E-state index in [4.69, 9.17) is 16.3 Å². The normalized spacial score (nSPS) is 16.7. The summed E-state index contributed by atoms with van der Waals surface area (Å²) in [6, 6.07) is 12.7. The molecule has 24 heavy (non-hydrogen) atoms. The number of fused-ring (bicyclic) bond motifs is 2. The molecule has 0 aromatic heterocycles. The van der Waals surface area contributed by atoms with Crippen LogP contribution in [0.4, 0.5) is 0 Å². The minimum absolute atomic E-state index is 0.267. The van der Waals surface area contributed by atoms with Crippen molar-refractivity contribution >= 4 is 34.2 Å². The van der Waals surface area contributed by atoms with E-state index in [1.54, 1.807) is 32.3 Å². The summed E-state index contributed by atoms with van der Waals surface area (Å²) in [5.41, 5.74) is 1.54.